The number of nitrogens with one attached hydrogen (secondary N) is 2. The van der Waals surface area contributed by atoms with Crippen molar-refractivity contribution >= 4 is 21.4 Å². The van der Waals surface area contributed by atoms with Crippen molar-refractivity contribution in [3.8, 4) is 0 Å². The summed E-state index contributed by atoms with van der Waals surface area (Å²) in [5.41, 5.74) is 0.889. The number of hydrogen-bond donors (Lipinski definition) is 2. The molecule has 2 aromatic heterocycles. The van der Waals surface area contributed by atoms with E-state index in [0.717, 1.165) is 0 Å². The maximum atomic E-state index is 12.4. The summed E-state index contributed by atoms with van der Waals surface area (Å²) in [6, 6.07) is 3.53. The molecule has 8 heteroatoms. The van der Waals surface area contributed by atoms with Gasteiger partial charge in [-0.15, -0.1) is 0 Å². The maximum Gasteiger partial charge on any atom is 0.281 e. The zero-order chi connectivity index (χ0) is 15.5. The van der Waals surface area contributed by atoms with Gasteiger partial charge in [-0.25, -0.2) is 4.98 Å². The fourth-order valence-corrected chi connectivity index (χ4v) is 2.95. The number of sulfonamides is 1. The van der Waals surface area contributed by atoms with Gasteiger partial charge in [-0.3, -0.25) is 9.40 Å². The Morgan fingerprint density at radius 1 is 1.38 bits per heavy atom. The smallest absolute Gasteiger partial charge is 0.281 e. The molecular weight excluding hydrogens is 290 g/mol. The van der Waals surface area contributed by atoms with Gasteiger partial charge in [0.05, 0.1) is 17.6 Å². The monoisotopic (exact) mass is 309 g/mol. The van der Waals surface area contributed by atoms with Crippen LogP contribution >= 0.6 is 0 Å². The third-order valence-corrected chi connectivity index (χ3v) is 4.11. The number of aromatic nitrogens is 3. The molecule has 0 bridgehead atoms. The molecule has 0 amide bonds. The van der Waals surface area contributed by atoms with Gasteiger partial charge in [0, 0.05) is 25.0 Å². The summed E-state index contributed by atoms with van der Waals surface area (Å²) in [7, 11) is -3.76. The maximum absolute atomic E-state index is 12.4. The highest BCUT2D eigenvalue weighted by Crippen LogP contribution is 2.21. The Labute approximate surface area is 124 Å². The van der Waals surface area contributed by atoms with Gasteiger partial charge in [0.15, 0.2) is 5.03 Å². The van der Waals surface area contributed by atoms with Crippen LogP contribution in [0, 0.1) is 0 Å². The Morgan fingerprint density at radius 2 is 2.14 bits per heavy atom. The summed E-state index contributed by atoms with van der Waals surface area (Å²) < 4.78 is 29.0. The fourth-order valence-electron chi connectivity index (χ4n) is 1.81. The summed E-state index contributed by atoms with van der Waals surface area (Å²) in [4.78, 5) is 3.97. The topological polar surface area (TPSA) is 88.9 Å². The van der Waals surface area contributed by atoms with Crippen molar-refractivity contribution in [1.29, 1.82) is 0 Å². The van der Waals surface area contributed by atoms with Gasteiger partial charge < -0.3 is 5.32 Å². The first kappa shape index (κ1) is 15.3. The zero-order valence-electron chi connectivity index (χ0n) is 12.2. The summed E-state index contributed by atoms with van der Waals surface area (Å²) in [6.07, 6.45) is 4.58. The van der Waals surface area contributed by atoms with Crippen molar-refractivity contribution in [3.05, 3.63) is 30.7 Å². The van der Waals surface area contributed by atoms with E-state index in [0.29, 0.717) is 17.9 Å². The van der Waals surface area contributed by atoms with Crippen LogP contribution in [-0.2, 0) is 10.0 Å². The van der Waals surface area contributed by atoms with Crippen LogP contribution in [0.2, 0.25) is 0 Å². The molecule has 0 spiro atoms. The van der Waals surface area contributed by atoms with Crippen molar-refractivity contribution < 1.29 is 8.42 Å². The minimum Gasteiger partial charge on any atom is -0.383 e. The molecule has 0 aliphatic carbocycles. The lowest BCUT2D eigenvalue weighted by Crippen LogP contribution is -2.16. The lowest BCUT2D eigenvalue weighted by Gasteiger charge is -2.10. The lowest BCUT2D eigenvalue weighted by molar-refractivity contribution is 0.532. The van der Waals surface area contributed by atoms with E-state index in [4.69, 9.17) is 0 Å². The first-order chi connectivity index (χ1) is 9.94. The first-order valence-corrected chi connectivity index (χ1v) is 8.18. The Kier molecular flexibility index (Phi) is 4.46. The highest BCUT2D eigenvalue weighted by molar-refractivity contribution is 7.92. The van der Waals surface area contributed by atoms with Gasteiger partial charge in [-0.05, 0) is 32.9 Å². The molecule has 0 saturated heterocycles. The van der Waals surface area contributed by atoms with Gasteiger partial charge in [-0.1, -0.05) is 0 Å². The van der Waals surface area contributed by atoms with E-state index in [2.05, 4.69) is 20.1 Å². The van der Waals surface area contributed by atoms with E-state index in [1.165, 1.54) is 12.4 Å². The van der Waals surface area contributed by atoms with Crippen LogP contribution in [0.1, 0.15) is 26.8 Å². The number of pyridine rings is 1. The second kappa shape index (κ2) is 6.13. The molecule has 0 radical (unpaired) electrons. The molecule has 2 aromatic rings. The summed E-state index contributed by atoms with van der Waals surface area (Å²) in [5.74, 6) is 0. The largest absolute Gasteiger partial charge is 0.383 e. The molecule has 0 saturated carbocycles. The van der Waals surface area contributed by atoms with Crippen molar-refractivity contribution in [2.75, 3.05) is 16.6 Å². The second-order valence-electron chi connectivity index (χ2n) is 4.79. The highest BCUT2D eigenvalue weighted by Gasteiger charge is 2.20. The highest BCUT2D eigenvalue weighted by atomic mass is 32.2. The molecule has 2 rings (SSSR count). The SMILES string of the molecule is CCNc1cccnc1S(=O)(=O)Nc1cnn(C(C)C)c1. The Morgan fingerprint density at radius 3 is 2.76 bits per heavy atom. The van der Waals surface area contributed by atoms with E-state index in [-0.39, 0.29) is 11.1 Å². The third kappa shape index (κ3) is 3.52. The summed E-state index contributed by atoms with van der Waals surface area (Å²) >= 11 is 0. The molecule has 21 heavy (non-hydrogen) atoms. The Balaban J connectivity index is 2.29. The van der Waals surface area contributed by atoms with Crippen LogP contribution in [0.3, 0.4) is 0 Å². The van der Waals surface area contributed by atoms with Gasteiger partial charge in [0.2, 0.25) is 0 Å². The molecule has 0 fully saturated rings. The van der Waals surface area contributed by atoms with E-state index in [1.54, 1.807) is 23.0 Å². The van der Waals surface area contributed by atoms with E-state index in [9.17, 15) is 8.42 Å². The molecule has 0 atom stereocenters. The first-order valence-electron chi connectivity index (χ1n) is 6.70. The van der Waals surface area contributed by atoms with Crippen LogP contribution < -0.4 is 10.0 Å². The number of anilines is 2. The van der Waals surface area contributed by atoms with Crippen LogP contribution in [0.25, 0.3) is 0 Å². The number of rotatable bonds is 6. The second-order valence-corrected chi connectivity index (χ2v) is 6.39. The molecule has 0 aliphatic rings. The predicted molar refractivity (Wildman–Crippen MR) is 81.8 cm³/mol. The molecule has 114 valence electrons. The van der Waals surface area contributed by atoms with Crippen molar-refractivity contribution in [2.45, 2.75) is 31.8 Å². The predicted octanol–water partition coefficient (Wildman–Crippen LogP) is 2.09. The molecular formula is C13H19N5O2S. The normalized spacial score (nSPS) is 11.6. The molecule has 0 aliphatic heterocycles. The fraction of sp³-hybridized carbons (Fsp3) is 0.385. The summed E-state index contributed by atoms with van der Waals surface area (Å²) in [5, 5.41) is 7.07. The van der Waals surface area contributed by atoms with Gasteiger partial charge >= 0.3 is 0 Å². The third-order valence-electron chi connectivity index (χ3n) is 2.78. The number of hydrogen-bond acceptors (Lipinski definition) is 5. The quantitative estimate of drug-likeness (QED) is 0.853. The van der Waals surface area contributed by atoms with E-state index >= 15 is 0 Å². The van der Waals surface area contributed by atoms with Crippen molar-refractivity contribution in [1.82, 2.24) is 14.8 Å². The Bertz CT molecular complexity index is 709. The average Bonchev–Trinajstić information content (AvgIpc) is 2.87. The molecule has 2 N–H and O–H groups in total. The Hall–Kier alpha value is -2.09. The minimum atomic E-state index is -3.76. The lowest BCUT2D eigenvalue weighted by atomic mass is 10.4. The van der Waals surface area contributed by atoms with Crippen LogP contribution in [0.15, 0.2) is 35.7 Å². The van der Waals surface area contributed by atoms with E-state index < -0.39 is 10.0 Å². The zero-order valence-corrected chi connectivity index (χ0v) is 13.1. The molecule has 0 aromatic carbocycles. The van der Waals surface area contributed by atoms with Gasteiger partial charge in [0.25, 0.3) is 10.0 Å². The van der Waals surface area contributed by atoms with Crippen LogP contribution in [0.5, 0.6) is 0 Å². The van der Waals surface area contributed by atoms with Crippen LogP contribution in [-0.4, -0.2) is 29.7 Å². The van der Waals surface area contributed by atoms with Gasteiger partial charge in [-0.2, -0.15) is 13.5 Å². The number of nitrogens with zero attached hydrogens (tertiary/aromatic N) is 3. The van der Waals surface area contributed by atoms with Crippen LogP contribution in [0.4, 0.5) is 11.4 Å². The summed E-state index contributed by atoms with van der Waals surface area (Å²) in [6.45, 7) is 6.43. The average molecular weight is 309 g/mol. The minimum absolute atomic E-state index is 0.0239. The van der Waals surface area contributed by atoms with Crippen molar-refractivity contribution in [3.63, 3.8) is 0 Å². The van der Waals surface area contributed by atoms with Crippen molar-refractivity contribution in [2.24, 2.45) is 0 Å². The van der Waals surface area contributed by atoms with E-state index in [1.807, 2.05) is 20.8 Å². The van der Waals surface area contributed by atoms with Gasteiger partial charge in [0.1, 0.15) is 0 Å². The standard InChI is InChI=1S/C13H19N5O2S/c1-4-14-12-6-5-7-15-13(12)21(19,20)17-11-8-16-18(9-11)10(2)3/h5-10,14,17H,4H2,1-3H3. The molecule has 0 unspecified atom stereocenters. The molecule has 7 nitrogen and oxygen atoms in total. The molecule has 2 heterocycles.